The van der Waals surface area contributed by atoms with Crippen LogP contribution in [0, 0.1) is 5.92 Å². The standard InChI is InChI=1S/C23H33N5O5S/c1-12(2)8-18(21(30)26-13(3)23(32)33)27-22(31)19(11-34)28-20(29)16(24)9-14-10-25-17-7-5-4-6-15(14)17/h4-7,10,12-13,16,18-19,25,34H,8-9,11,24H2,1-3H3,(H,26,30)(H,27,31)(H,28,29)(H,32,33). The monoisotopic (exact) mass is 491 g/mol. The van der Waals surface area contributed by atoms with Gasteiger partial charge in [-0.1, -0.05) is 32.0 Å². The summed E-state index contributed by atoms with van der Waals surface area (Å²) in [6.07, 6.45) is 2.35. The molecule has 0 fully saturated rings. The molecule has 0 aliphatic heterocycles. The summed E-state index contributed by atoms with van der Waals surface area (Å²) >= 11 is 4.16. The van der Waals surface area contributed by atoms with Crippen LogP contribution in [0.4, 0.5) is 0 Å². The third kappa shape index (κ3) is 7.49. The van der Waals surface area contributed by atoms with Crippen LogP contribution in [-0.4, -0.2) is 63.7 Å². The van der Waals surface area contributed by atoms with Crippen molar-refractivity contribution in [3.63, 3.8) is 0 Å². The van der Waals surface area contributed by atoms with Gasteiger partial charge >= 0.3 is 5.97 Å². The van der Waals surface area contributed by atoms with Crippen LogP contribution in [0.5, 0.6) is 0 Å². The maximum atomic E-state index is 12.8. The van der Waals surface area contributed by atoms with Crippen LogP contribution >= 0.6 is 12.6 Å². The van der Waals surface area contributed by atoms with Crippen molar-refractivity contribution >= 4 is 47.2 Å². The third-order valence-electron chi connectivity index (χ3n) is 5.34. The van der Waals surface area contributed by atoms with E-state index in [1.807, 2.05) is 38.1 Å². The number of aliphatic carboxylic acids is 1. The zero-order valence-corrected chi connectivity index (χ0v) is 20.4. The summed E-state index contributed by atoms with van der Waals surface area (Å²) in [4.78, 5) is 52.2. The van der Waals surface area contributed by atoms with Crippen molar-refractivity contribution in [2.75, 3.05) is 5.75 Å². The summed E-state index contributed by atoms with van der Waals surface area (Å²) in [6.45, 7) is 5.07. The molecule has 10 nitrogen and oxygen atoms in total. The average Bonchev–Trinajstić information content (AvgIpc) is 3.18. The van der Waals surface area contributed by atoms with Crippen LogP contribution in [0.25, 0.3) is 10.9 Å². The quantitative estimate of drug-likeness (QED) is 0.214. The van der Waals surface area contributed by atoms with Crippen LogP contribution in [-0.2, 0) is 25.6 Å². The molecule has 1 aromatic heterocycles. The van der Waals surface area contributed by atoms with Gasteiger partial charge in [0, 0.05) is 22.9 Å². The first-order valence-corrected chi connectivity index (χ1v) is 11.7. The maximum Gasteiger partial charge on any atom is 0.325 e. The van der Waals surface area contributed by atoms with Crippen molar-refractivity contribution in [1.82, 2.24) is 20.9 Å². The Labute approximate surface area is 203 Å². The lowest BCUT2D eigenvalue weighted by molar-refractivity contribution is -0.141. The molecule has 3 amide bonds. The fraction of sp³-hybridized carbons (Fsp3) is 0.478. The Bertz CT molecular complexity index is 1020. The number of carbonyl (C=O) groups excluding carboxylic acids is 3. The van der Waals surface area contributed by atoms with E-state index in [0.717, 1.165) is 16.5 Å². The molecule has 0 aliphatic rings. The minimum atomic E-state index is -1.19. The molecule has 0 radical (unpaired) electrons. The largest absolute Gasteiger partial charge is 0.480 e. The molecule has 11 heteroatoms. The fourth-order valence-electron chi connectivity index (χ4n) is 3.45. The second-order valence-corrected chi connectivity index (χ2v) is 9.04. The van der Waals surface area contributed by atoms with Gasteiger partial charge < -0.3 is 31.8 Å². The number of hydrogen-bond acceptors (Lipinski definition) is 6. The second-order valence-electron chi connectivity index (χ2n) is 8.67. The highest BCUT2D eigenvalue weighted by Gasteiger charge is 2.29. The van der Waals surface area contributed by atoms with Crippen LogP contribution < -0.4 is 21.7 Å². The number of H-pyrrole nitrogens is 1. The SMILES string of the molecule is CC(C)CC(NC(=O)C(CS)NC(=O)C(N)Cc1c[nH]c2ccccc12)C(=O)NC(C)C(=O)O. The van der Waals surface area contributed by atoms with Gasteiger partial charge in [-0.05, 0) is 37.3 Å². The lowest BCUT2D eigenvalue weighted by atomic mass is 10.0. The summed E-state index contributed by atoms with van der Waals surface area (Å²) in [5.74, 6) is -2.90. The average molecular weight is 492 g/mol. The van der Waals surface area contributed by atoms with Crippen LogP contribution in [0.1, 0.15) is 32.8 Å². The summed E-state index contributed by atoms with van der Waals surface area (Å²) in [7, 11) is 0. The number of carboxylic acid groups (broad SMARTS) is 1. The number of fused-ring (bicyclic) bond motifs is 1. The third-order valence-corrected chi connectivity index (χ3v) is 5.70. The number of nitrogens with two attached hydrogens (primary N) is 1. The molecule has 1 aromatic carbocycles. The number of para-hydroxylation sites is 1. The van der Waals surface area contributed by atoms with Gasteiger partial charge in [0.2, 0.25) is 17.7 Å². The molecular weight excluding hydrogens is 458 g/mol. The van der Waals surface area contributed by atoms with E-state index < -0.39 is 47.9 Å². The van der Waals surface area contributed by atoms with Crippen molar-refractivity contribution in [3.8, 4) is 0 Å². The van der Waals surface area contributed by atoms with Crippen molar-refractivity contribution in [2.24, 2.45) is 11.7 Å². The second kappa shape index (κ2) is 12.4. The molecule has 0 bridgehead atoms. The van der Waals surface area contributed by atoms with Crippen LogP contribution in [0.2, 0.25) is 0 Å². The number of carboxylic acids is 1. The van der Waals surface area contributed by atoms with Gasteiger partial charge in [-0.25, -0.2) is 0 Å². The van der Waals surface area contributed by atoms with E-state index >= 15 is 0 Å². The van der Waals surface area contributed by atoms with E-state index in [1.165, 1.54) is 6.92 Å². The number of rotatable bonds is 12. The minimum absolute atomic E-state index is 0.0150. The molecule has 0 saturated carbocycles. The molecule has 0 saturated heterocycles. The fourth-order valence-corrected chi connectivity index (χ4v) is 3.71. The number of carbonyl (C=O) groups is 4. The summed E-state index contributed by atoms with van der Waals surface area (Å²) in [5, 5.41) is 17.6. The molecule has 34 heavy (non-hydrogen) atoms. The van der Waals surface area contributed by atoms with Gasteiger partial charge in [-0.3, -0.25) is 19.2 Å². The Morgan fingerprint density at radius 2 is 1.62 bits per heavy atom. The molecule has 0 spiro atoms. The summed E-state index contributed by atoms with van der Waals surface area (Å²) in [5.41, 5.74) is 7.91. The van der Waals surface area contributed by atoms with Gasteiger partial charge in [0.15, 0.2) is 0 Å². The molecular formula is C23H33N5O5S. The number of benzene rings is 1. The van der Waals surface area contributed by atoms with Crippen LogP contribution in [0.15, 0.2) is 30.5 Å². The van der Waals surface area contributed by atoms with Crippen molar-refractivity contribution in [2.45, 2.75) is 57.8 Å². The molecule has 0 aliphatic carbocycles. The topological polar surface area (TPSA) is 166 Å². The van der Waals surface area contributed by atoms with Gasteiger partial charge in [0.25, 0.3) is 0 Å². The van der Waals surface area contributed by atoms with E-state index in [9.17, 15) is 19.2 Å². The smallest absolute Gasteiger partial charge is 0.325 e. The first kappa shape index (κ1) is 27.2. The van der Waals surface area contributed by atoms with E-state index in [2.05, 4.69) is 33.6 Å². The van der Waals surface area contributed by atoms with Gasteiger partial charge in [-0.2, -0.15) is 12.6 Å². The van der Waals surface area contributed by atoms with E-state index in [4.69, 9.17) is 10.8 Å². The number of thiol groups is 1. The van der Waals surface area contributed by atoms with Crippen molar-refractivity contribution in [1.29, 1.82) is 0 Å². The van der Waals surface area contributed by atoms with Gasteiger partial charge in [-0.15, -0.1) is 0 Å². The summed E-state index contributed by atoms with van der Waals surface area (Å²) < 4.78 is 0. The molecule has 186 valence electrons. The maximum absolute atomic E-state index is 12.8. The lowest BCUT2D eigenvalue weighted by Crippen LogP contribution is -2.57. The first-order valence-electron chi connectivity index (χ1n) is 11.1. The Hall–Kier alpha value is -3.05. The molecule has 4 atom stereocenters. The van der Waals surface area contributed by atoms with Gasteiger partial charge in [0.1, 0.15) is 18.1 Å². The Kier molecular flexibility index (Phi) is 9.94. The predicted octanol–water partition coefficient (Wildman–Crippen LogP) is 0.573. The van der Waals surface area contributed by atoms with E-state index in [-0.39, 0.29) is 24.5 Å². The molecule has 2 rings (SSSR count). The number of nitrogens with one attached hydrogen (secondary N) is 4. The number of aromatic amines is 1. The molecule has 7 N–H and O–H groups in total. The van der Waals surface area contributed by atoms with Crippen LogP contribution in [0.3, 0.4) is 0 Å². The van der Waals surface area contributed by atoms with Crippen molar-refractivity contribution < 1.29 is 24.3 Å². The first-order chi connectivity index (χ1) is 16.0. The predicted molar refractivity (Wildman–Crippen MR) is 132 cm³/mol. The Morgan fingerprint density at radius 3 is 2.24 bits per heavy atom. The number of hydrogen-bond donors (Lipinski definition) is 7. The minimum Gasteiger partial charge on any atom is -0.480 e. The number of amides is 3. The molecule has 1 heterocycles. The van der Waals surface area contributed by atoms with Gasteiger partial charge in [0.05, 0.1) is 6.04 Å². The molecule has 2 aromatic rings. The summed E-state index contributed by atoms with van der Waals surface area (Å²) in [6, 6.07) is 3.65. The van der Waals surface area contributed by atoms with E-state index in [0.29, 0.717) is 0 Å². The Balaban J connectivity index is 2.02. The normalized spacial score (nSPS) is 14.8. The lowest BCUT2D eigenvalue weighted by Gasteiger charge is -2.25. The highest BCUT2D eigenvalue weighted by atomic mass is 32.1. The highest BCUT2D eigenvalue weighted by Crippen LogP contribution is 2.18. The van der Waals surface area contributed by atoms with E-state index in [1.54, 1.807) is 6.20 Å². The Morgan fingerprint density at radius 1 is 1.00 bits per heavy atom. The zero-order valence-electron chi connectivity index (χ0n) is 19.5. The molecule has 4 unspecified atom stereocenters. The zero-order chi connectivity index (χ0) is 25.4. The van der Waals surface area contributed by atoms with Crippen molar-refractivity contribution in [3.05, 3.63) is 36.0 Å². The highest BCUT2D eigenvalue weighted by molar-refractivity contribution is 7.80. The number of aromatic nitrogens is 1.